The molecule has 1 aromatic carbocycles. The van der Waals surface area contributed by atoms with Crippen molar-refractivity contribution in [3.05, 3.63) is 30.3 Å². The van der Waals surface area contributed by atoms with Gasteiger partial charge in [-0.3, -0.25) is 0 Å². The molecule has 1 atom stereocenters. The Morgan fingerprint density at radius 1 is 1.17 bits per heavy atom. The first-order valence-electron chi connectivity index (χ1n) is 4.29. The van der Waals surface area contributed by atoms with E-state index in [1.807, 2.05) is 6.07 Å². The van der Waals surface area contributed by atoms with Crippen LogP contribution in [0.4, 0.5) is 0 Å². The summed E-state index contributed by atoms with van der Waals surface area (Å²) in [5, 5.41) is 1.33. The molecule has 0 aliphatic heterocycles. The molecule has 12 heavy (non-hydrogen) atoms. The first kappa shape index (κ1) is 9.81. The fraction of sp³-hybridized carbons (Fsp3) is 0.400. The highest BCUT2D eigenvalue weighted by molar-refractivity contribution is 7.27. The first-order chi connectivity index (χ1) is 5.55. The van der Waals surface area contributed by atoms with E-state index in [2.05, 4.69) is 44.7 Å². The predicted molar refractivity (Wildman–Crippen MR) is 58.6 cm³/mol. The lowest BCUT2D eigenvalue weighted by atomic mass is 10.4. The minimum Gasteiger partial charge on any atom is -0.161 e. The van der Waals surface area contributed by atoms with Crippen molar-refractivity contribution in [2.45, 2.75) is 25.9 Å². The Labute approximate surface area is 80.3 Å². The second-order valence-corrected chi connectivity index (χ2v) is 9.84. The third-order valence-electron chi connectivity index (χ3n) is 2.42. The second kappa shape index (κ2) is 3.63. The smallest absolute Gasteiger partial charge is 0.161 e. The summed E-state index contributed by atoms with van der Waals surface area (Å²) in [5.41, 5.74) is 0.585. The molecule has 2 heteroatoms. The summed E-state index contributed by atoms with van der Waals surface area (Å²) < 4.78 is 0. The van der Waals surface area contributed by atoms with Gasteiger partial charge in [-0.25, -0.2) is 0 Å². The Morgan fingerprint density at radius 2 is 1.67 bits per heavy atom. The summed E-state index contributed by atoms with van der Waals surface area (Å²) >= 11 is 6.54. The monoisotopic (exact) mass is 198 g/mol. The SMILES string of the molecule is CC(C)[Si](C)(Cl)c1ccccc1. The molecule has 1 rings (SSSR count). The van der Waals surface area contributed by atoms with E-state index in [0.717, 1.165) is 0 Å². The van der Waals surface area contributed by atoms with Gasteiger partial charge in [0, 0.05) is 0 Å². The summed E-state index contributed by atoms with van der Waals surface area (Å²) in [6.45, 7) is 6.60. The van der Waals surface area contributed by atoms with Crippen LogP contribution < -0.4 is 5.19 Å². The Morgan fingerprint density at radius 3 is 2.08 bits per heavy atom. The molecule has 0 radical (unpaired) electrons. The van der Waals surface area contributed by atoms with Gasteiger partial charge in [0.05, 0.1) is 0 Å². The van der Waals surface area contributed by atoms with E-state index in [9.17, 15) is 0 Å². The molecule has 0 amide bonds. The zero-order valence-electron chi connectivity index (χ0n) is 7.84. The lowest BCUT2D eigenvalue weighted by Crippen LogP contribution is -2.41. The highest BCUT2D eigenvalue weighted by atomic mass is 35.6. The van der Waals surface area contributed by atoms with Crippen LogP contribution in [0, 0.1) is 0 Å². The molecule has 0 bridgehead atoms. The highest BCUT2D eigenvalue weighted by Crippen LogP contribution is 2.23. The third kappa shape index (κ3) is 1.90. The number of hydrogen-bond donors (Lipinski definition) is 0. The van der Waals surface area contributed by atoms with Gasteiger partial charge in [-0.15, -0.1) is 0 Å². The van der Waals surface area contributed by atoms with Crippen LogP contribution in [0.25, 0.3) is 0 Å². The van der Waals surface area contributed by atoms with E-state index < -0.39 is 7.38 Å². The minimum absolute atomic E-state index is 0.585. The number of rotatable bonds is 2. The molecule has 66 valence electrons. The van der Waals surface area contributed by atoms with Gasteiger partial charge in [0.25, 0.3) is 0 Å². The van der Waals surface area contributed by atoms with E-state index in [1.54, 1.807) is 0 Å². The maximum Gasteiger partial charge on any atom is 0.186 e. The van der Waals surface area contributed by atoms with Crippen LogP contribution in [0.2, 0.25) is 12.1 Å². The Balaban J connectivity index is 2.98. The summed E-state index contributed by atoms with van der Waals surface area (Å²) in [5.74, 6) is 0. The van der Waals surface area contributed by atoms with Crippen LogP contribution in [0.5, 0.6) is 0 Å². The standard InChI is InChI=1S/C10H15ClSi/c1-9(2)12(3,11)10-7-5-4-6-8-10/h4-9H,1-3H3. The summed E-state index contributed by atoms with van der Waals surface area (Å²) in [6, 6.07) is 10.4. The summed E-state index contributed by atoms with van der Waals surface area (Å²) in [7, 11) is -1.68. The van der Waals surface area contributed by atoms with Crippen LogP contribution in [-0.4, -0.2) is 7.38 Å². The van der Waals surface area contributed by atoms with Crippen LogP contribution in [0.15, 0.2) is 30.3 Å². The largest absolute Gasteiger partial charge is 0.186 e. The van der Waals surface area contributed by atoms with E-state index in [1.165, 1.54) is 5.19 Å². The van der Waals surface area contributed by atoms with Crippen LogP contribution in [0.1, 0.15) is 13.8 Å². The quantitative estimate of drug-likeness (QED) is 0.506. The topological polar surface area (TPSA) is 0 Å². The van der Waals surface area contributed by atoms with E-state index in [-0.39, 0.29) is 0 Å². The Hall–Kier alpha value is -0.273. The van der Waals surface area contributed by atoms with Gasteiger partial charge in [-0.2, -0.15) is 11.1 Å². The fourth-order valence-corrected chi connectivity index (χ4v) is 2.99. The molecule has 0 saturated heterocycles. The summed E-state index contributed by atoms with van der Waals surface area (Å²) in [6.07, 6.45) is 0. The lowest BCUT2D eigenvalue weighted by molar-refractivity contribution is 1.04. The van der Waals surface area contributed by atoms with Gasteiger partial charge in [0.15, 0.2) is 7.38 Å². The lowest BCUT2D eigenvalue weighted by Gasteiger charge is -2.23. The van der Waals surface area contributed by atoms with Crippen molar-refractivity contribution in [2.24, 2.45) is 0 Å². The van der Waals surface area contributed by atoms with Gasteiger partial charge < -0.3 is 0 Å². The van der Waals surface area contributed by atoms with Gasteiger partial charge in [-0.05, 0) is 10.7 Å². The van der Waals surface area contributed by atoms with Crippen LogP contribution in [0.3, 0.4) is 0 Å². The van der Waals surface area contributed by atoms with Crippen molar-refractivity contribution < 1.29 is 0 Å². The third-order valence-corrected chi connectivity index (χ3v) is 8.02. The van der Waals surface area contributed by atoms with Crippen LogP contribution >= 0.6 is 11.1 Å². The van der Waals surface area contributed by atoms with E-state index >= 15 is 0 Å². The zero-order chi connectivity index (χ0) is 9.19. The number of halogens is 1. The number of benzene rings is 1. The Bertz CT molecular complexity index is 241. The highest BCUT2D eigenvalue weighted by Gasteiger charge is 2.30. The van der Waals surface area contributed by atoms with E-state index in [4.69, 9.17) is 11.1 Å². The molecule has 0 nitrogen and oxygen atoms in total. The Kier molecular flexibility index (Phi) is 2.97. The van der Waals surface area contributed by atoms with Crippen molar-refractivity contribution in [1.82, 2.24) is 0 Å². The molecule has 0 fully saturated rings. The minimum atomic E-state index is -1.68. The molecular formula is C10H15ClSi. The first-order valence-corrected chi connectivity index (χ1v) is 7.88. The van der Waals surface area contributed by atoms with Crippen LogP contribution in [-0.2, 0) is 0 Å². The van der Waals surface area contributed by atoms with Gasteiger partial charge in [-0.1, -0.05) is 50.7 Å². The average molecular weight is 199 g/mol. The van der Waals surface area contributed by atoms with Crippen molar-refractivity contribution in [2.75, 3.05) is 0 Å². The molecule has 1 aromatic rings. The van der Waals surface area contributed by atoms with Crippen molar-refractivity contribution >= 4 is 23.6 Å². The second-order valence-electron chi connectivity index (χ2n) is 3.60. The molecule has 0 aromatic heterocycles. The summed E-state index contributed by atoms with van der Waals surface area (Å²) in [4.78, 5) is 0. The van der Waals surface area contributed by atoms with Gasteiger partial charge in [0.1, 0.15) is 0 Å². The normalized spacial score (nSPS) is 16.1. The fourth-order valence-electron chi connectivity index (χ4n) is 1.10. The average Bonchev–Trinajstić information content (AvgIpc) is 2.06. The van der Waals surface area contributed by atoms with Crippen molar-refractivity contribution in [3.63, 3.8) is 0 Å². The molecule has 0 spiro atoms. The van der Waals surface area contributed by atoms with Gasteiger partial charge in [0.2, 0.25) is 0 Å². The van der Waals surface area contributed by atoms with E-state index in [0.29, 0.717) is 5.54 Å². The van der Waals surface area contributed by atoms with Crippen molar-refractivity contribution in [3.8, 4) is 0 Å². The van der Waals surface area contributed by atoms with Gasteiger partial charge >= 0.3 is 0 Å². The zero-order valence-corrected chi connectivity index (χ0v) is 9.60. The molecule has 0 N–H and O–H groups in total. The van der Waals surface area contributed by atoms with Crippen molar-refractivity contribution in [1.29, 1.82) is 0 Å². The molecule has 0 aliphatic carbocycles. The molecule has 0 saturated carbocycles. The maximum absolute atomic E-state index is 6.54. The molecule has 1 unspecified atom stereocenters. The molecule has 0 aliphatic rings. The number of hydrogen-bond acceptors (Lipinski definition) is 0. The molecular weight excluding hydrogens is 184 g/mol. The molecule has 0 heterocycles. The predicted octanol–water partition coefficient (Wildman–Crippen LogP) is 3.12. The maximum atomic E-state index is 6.54.